The van der Waals surface area contributed by atoms with Crippen molar-refractivity contribution in [2.75, 3.05) is 21.3 Å². The lowest BCUT2D eigenvalue weighted by atomic mass is 10.0. The van der Waals surface area contributed by atoms with Gasteiger partial charge in [0, 0.05) is 11.1 Å². The lowest BCUT2D eigenvalue weighted by Gasteiger charge is -2.13. The molecule has 34 heavy (non-hydrogen) atoms. The molecule has 0 atom stereocenters. The van der Waals surface area contributed by atoms with Crippen LogP contribution in [-0.4, -0.2) is 33.1 Å². The summed E-state index contributed by atoms with van der Waals surface area (Å²) in [5, 5.41) is 0.517. The Morgan fingerprint density at radius 2 is 1.59 bits per heavy atom. The second-order valence-electron chi connectivity index (χ2n) is 7.41. The molecule has 3 aromatic carbocycles. The number of ether oxygens (including phenoxy) is 5. The quantitative estimate of drug-likeness (QED) is 0.261. The van der Waals surface area contributed by atoms with Crippen LogP contribution in [0.2, 0.25) is 5.02 Å². The van der Waals surface area contributed by atoms with Gasteiger partial charge in [0.15, 0.2) is 17.3 Å². The van der Waals surface area contributed by atoms with Crippen molar-refractivity contribution < 1.29 is 33.3 Å². The van der Waals surface area contributed by atoms with Crippen LogP contribution in [0.15, 0.2) is 54.3 Å². The minimum Gasteiger partial charge on any atom is -0.493 e. The van der Waals surface area contributed by atoms with E-state index < -0.39 is 5.97 Å². The summed E-state index contributed by atoms with van der Waals surface area (Å²) in [5.41, 5.74) is 2.00. The number of fused-ring (bicyclic) bond motifs is 1. The van der Waals surface area contributed by atoms with Crippen molar-refractivity contribution in [3.63, 3.8) is 0 Å². The van der Waals surface area contributed by atoms with E-state index in [0.29, 0.717) is 50.3 Å². The number of carbonyl (C=O) groups is 2. The Bertz CT molecular complexity index is 1280. The zero-order valence-corrected chi connectivity index (χ0v) is 19.7. The van der Waals surface area contributed by atoms with E-state index in [1.54, 1.807) is 55.5 Å². The number of benzene rings is 3. The van der Waals surface area contributed by atoms with Gasteiger partial charge in [0.1, 0.15) is 11.5 Å². The third kappa shape index (κ3) is 4.43. The number of methoxy groups -OCH3 is 3. The maximum atomic E-state index is 13.0. The van der Waals surface area contributed by atoms with Crippen molar-refractivity contribution in [2.45, 2.75) is 6.92 Å². The molecule has 8 heteroatoms. The summed E-state index contributed by atoms with van der Waals surface area (Å²) in [7, 11) is 4.54. The monoisotopic (exact) mass is 480 g/mol. The van der Waals surface area contributed by atoms with Crippen molar-refractivity contribution in [3.05, 3.63) is 81.6 Å². The van der Waals surface area contributed by atoms with Crippen LogP contribution < -0.4 is 23.7 Å². The highest BCUT2D eigenvalue weighted by atomic mass is 35.5. The maximum absolute atomic E-state index is 13.0. The van der Waals surface area contributed by atoms with Crippen LogP contribution in [0.25, 0.3) is 6.08 Å². The third-order valence-corrected chi connectivity index (χ3v) is 5.47. The van der Waals surface area contributed by atoms with Gasteiger partial charge in [-0.05, 0) is 66.6 Å². The lowest BCUT2D eigenvalue weighted by molar-refractivity contribution is 0.0734. The molecule has 0 unspecified atom stereocenters. The first-order valence-corrected chi connectivity index (χ1v) is 10.6. The number of esters is 1. The predicted molar refractivity (Wildman–Crippen MR) is 127 cm³/mol. The number of ketones is 1. The molecule has 0 spiro atoms. The fourth-order valence-electron chi connectivity index (χ4n) is 3.62. The highest BCUT2D eigenvalue weighted by molar-refractivity contribution is 6.30. The Hall–Kier alpha value is -3.97. The molecule has 0 aliphatic carbocycles. The summed E-state index contributed by atoms with van der Waals surface area (Å²) >= 11 is 5.87. The summed E-state index contributed by atoms with van der Waals surface area (Å²) in [6.45, 7) is 1.75. The van der Waals surface area contributed by atoms with E-state index in [-0.39, 0.29) is 17.3 Å². The van der Waals surface area contributed by atoms with Gasteiger partial charge in [-0.15, -0.1) is 0 Å². The van der Waals surface area contributed by atoms with Crippen molar-refractivity contribution in [1.29, 1.82) is 0 Å². The fourth-order valence-corrected chi connectivity index (χ4v) is 3.75. The molecule has 0 amide bonds. The Morgan fingerprint density at radius 1 is 0.941 bits per heavy atom. The molecule has 7 nitrogen and oxygen atoms in total. The summed E-state index contributed by atoms with van der Waals surface area (Å²) < 4.78 is 27.4. The summed E-state index contributed by atoms with van der Waals surface area (Å²) in [6, 6.07) is 12.9. The first kappa shape index (κ1) is 23.2. The van der Waals surface area contributed by atoms with Crippen LogP contribution in [0.4, 0.5) is 0 Å². The molecule has 1 aliphatic rings. The topological polar surface area (TPSA) is 80.3 Å². The Morgan fingerprint density at radius 3 is 2.18 bits per heavy atom. The van der Waals surface area contributed by atoms with Gasteiger partial charge in [-0.2, -0.15) is 0 Å². The van der Waals surface area contributed by atoms with E-state index in [0.717, 1.165) is 0 Å². The molecule has 174 valence electrons. The summed E-state index contributed by atoms with van der Waals surface area (Å²) in [6.07, 6.45) is 1.59. The van der Waals surface area contributed by atoms with Gasteiger partial charge in [-0.1, -0.05) is 11.6 Å². The van der Waals surface area contributed by atoms with Crippen LogP contribution in [0, 0.1) is 6.92 Å². The zero-order valence-electron chi connectivity index (χ0n) is 18.9. The second-order valence-corrected chi connectivity index (χ2v) is 7.84. The van der Waals surface area contributed by atoms with Gasteiger partial charge in [0.05, 0.1) is 32.5 Å². The van der Waals surface area contributed by atoms with E-state index >= 15 is 0 Å². The molecular formula is C26H21ClO7. The van der Waals surface area contributed by atoms with Gasteiger partial charge >= 0.3 is 5.97 Å². The molecule has 0 saturated carbocycles. The summed E-state index contributed by atoms with van der Waals surface area (Å²) in [5.74, 6) is 1.20. The molecule has 0 fully saturated rings. The first-order chi connectivity index (χ1) is 16.3. The first-order valence-electron chi connectivity index (χ1n) is 10.2. The minimum absolute atomic E-state index is 0.119. The Balaban J connectivity index is 1.63. The van der Waals surface area contributed by atoms with Crippen molar-refractivity contribution in [3.8, 4) is 28.7 Å². The van der Waals surface area contributed by atoms with Crippen molar-refractivity contribution in [2.24, 2.45) is 0 Å². The Labute approximate surface area is 201 Å². The van der Waals surface area contributed by atoms with E-state index in [2.05, 4.69) is 0 Å². The normalized spacial score (nSPS) is 13.3. The molecule has 0 saturated heterocycles. The van der Waals surface area contributed by atoms with E-state index in [1.165, 1.54) is 27.4 Å². The maximum Gasteiger partial charge on any atom is 0.343 e. The smallest absolute Gasteiger partial charge is 0.343 e. The van der Waals surface area contributed by atoms with E-state index in [1.807, 2.05) is 0 Å². The average Bonchev–Trinajstić information content (AvgIpc) is 3.13. The van der Waals surface area contributed by atoms with Gasteiger partial charge in [0.2, 0.25) is 11.5 Å². The van der Waals surface area contributed by atoms with Gasteiger partial charge in [-0.3, -0.25) is 4.79 Å². The highest BCUT2D eigenvalue weighted by Gasteiger charge is 2.30. The molecule has 0 bridgehead atoms. The molecule has 3 aromatic rings. The van der Waals surface area contributed by atoms with Crippen LogP contribution in [-0.2, 0) is 0 Å². The second kappa shape index (κ2) is 9.49. The summed E-state index contributed by atoms with van der Waals surface area (Å²) in [4.78, 5) is 25.5. The van der Waals surface area contributed by atoms with Crippen LogP contribution in [0.5, 0.6) is 28.7 Å². The lowest BCUT2D eigenvalue weighted by Crippen LogP contribution is -2.08. The zero-order chi connectivity index (χ0) is 24.4. The largest absolute Gasteiger partial charge is 0.493 e. The van der Waals surface area contributed by atoms with Crippen LogP contribution in [0.3, 0.4) is 0 Å². The molecule has 0 aromatic heterocycles. The minimum atomic E-state index is -0.548. The number of Topliss-reactive ketones (excluding diaryl/α,β-unsaturated/α-hetero) is 1. The van der Waals surface area contributed by atoms with Crippen LogP contribution >= 0.6 is 11.6 Å². The van der Waals surface area contributed by atoms with Gasteiger partial charge in [0.25, 0.3) is 0 Å². The fraction of sp³-hybridized carbons (Fsp3) is 0.154. The van der Waals surface area contributed by atoms with Gasteiger partial charge in [-0.25, -0.2) is 4.79 Å². The molecule has 0 N–H and O–H groups in total. The molecular weight excluding hydrogens is 460 g/mol. The molecule has 1 heterocycles. The van der Waals surface area contributed by atoms with Crippen molar-refractivity contribution in [1.82, 2.24) is 0 Å². The molecule has 1 aliphatic heterocycles. The number of allylic oxidation sites excluding steroid dienone is 1. The number of rotatable bonds is 6. The van der Waals surface area contributed by atoms with Crippen molar-refractivity contribution >= 4 is 29.4 Å². The van der Waals surface area contributed by atoms with Crippen LogP contribution in [0.1, 0.15) is 31.8 Å². The number of halogens is 1. The predicted octanol–water partition coefficient (Wildman–Crippen LogP) is 5.51. The molecule has 0 radical (unpaired) electrons. The highest BCUT2D eigenvalue weighted by Crippen LogP contribution is 2.41. The van der Waals surface area contributed by atoms with E-state index in [4.69, 9.17) is 35.3 Å². The third-order valence-electron chi connectivity index (χ3n) is 5.22. The standard InChI is InChI=1S/C26H21ClO7/c1-14-9-18(33-26(29)16-5-7-17(27)8-6-16)13-19-23(14)24(28)20(34-19)10-15-11-21(30-2)25(32-4)22(12-15)31-3/h5-13H,1-4H3/b20-10-. The molecule has 4 rings (SSSR count). The average molecular weight is 481 g/mol. The van der Waals surface area contributed by atoms with E-state index in [9.17, 15) is 9.59 Å². The number of hydrogen-bond donors (Lipinski definition) is 0. The number of hydrogen-bond acceptors (Lipinski definition) is 7. The Kier molecular flexibility index (Phi) is 6.47. The number of aryl methyl sites for hydroxylation is 1. The van der Waals surface area contributed by atoms with Gasteiger partial charge < -0.3 is 23.7 Å². The SMILES string of the molecule is COc1cc(/C=C2\Oc3cc(OC(=O)c4ccc(Cl)cc4)cc(C)c3C2=O)cc(OC)c1OC. The number of carbonyl (C=O) groups excluding carboxylic acids is 2.